The van der Waals surface area contributed by atoms with Crippen molar-refractivity contribution in [1.82, 2.24) is 9.80 Å². The van der Waals surface area contributed by atoms with Crippen molar-refractivity contribution in [2.45, 2.75) is 50.9 Å². The number of carboxylic acid groups (broad SMARTS) is 1. The fraction of sp³-hybridized carbons (Fsp3) is 0.929. The highest BCUT2D eigenvalue weighted by Gasteiger charge is 2.43. The molecule has 3 unspecified atom stereocenters. The van der Waals surface area contributed by atoms with Gasteiger partial charge in [-0.25, -0.2) is 0 Å². The number of rotatable bonds is 3. The predicted molar refractivity (Wildman–Crippen MR) is 72.0 cm³/mol. The molecule has 2 rings (SSSR count). The van der Waals surface area contributed by atoms with E-state index in [-0.39, 0.29) is 18.9 Å². The Balaban J connectivity index is 1.86. The van der Waals surface area contributed by atoms with Gasteiger partial charge in [-0.15, -0.1) is 0 Å². The van der Waals surface area contributed by atoms with Gasteiger partial charge in [0.05, 0.1) is 5.92 Å². The molecule has 2 fully saturated rings. The van der Waals surface area contributed by atoms with Gasteiger partial charge in [0.25, 0.3) is 0 Å². The lowest BCUT2D eigenvalue weighted by molar-refractivity contribution is -0.187. The molecule has 0 spiro atoms. The zero-order chi connectivity index (χ0) is 15.6. The van der Waals surface area contributed by atoms with Gasteiger partial charge in [-0.05, 0) is 26.2 Å². The molecule has 2 aliphatic rings. The second-order valence-electron chi connectivity index (χ2n) is 6.15. The number of carbonyl (C=O) groups is 1. The van der Waals surface area contributed by atoms with E-state index in [1.165, 1.54) is 0 Å². The first kappa shape index (κ1) is 16.5. The molecule has 1 N–H and O–H groups in total. The van der Waals surface area contributed by atoms with Crippen molar-refractivity contribution in [2.75, 3.05) is 26.2 Å². The van der Waals surface area contributed by atoms with Crippen molar-refractivity contribution in [3.63, 3.8) is 0 Å². The van der Waals surface area contributed by atoms with Crippen LogP contribution in [0.5, 0.6) is 0 Å². The molecule has 0 aromatic heterocycles. The first-order chi connectivity index (χ1) is 9.79. The summed E-state index contributed by atoms with van der Waals surface area (Å²) in [5.74, 6) is -2.02. The number of nitrogens with zero attached hydrogens (tertiary/aromatic N) is 2. The lowest BCUT2D eigenvalue weighted by atomic mass is 9.84. The molecular weight excluding hydrogens is 285 g/mol. The largest absolute Gasteiger partial charge is 0.480 e. The molecule has 0 aromatic carbocycles. The van der Waals surface area contributed by atoms with Crippen molar-refractivity contribution in [1.29, 1.82) is 0 Å². The first-order valence-corrected chi connectivity index (χ1v) is 7.56. The third kappa shape index (κ3) is 4.10. The summed E-state index contributed by atoms with van der Waals surface area (Å²) in [7, 11) is 0. The minimum atomic E-state index is -4.09. The minimum absolute atomic E-state index is 0.00680. The highest BCUT2D eigenvalue weighted by atomic mass is 19.4. The average Bonchev–Trinajstić information content (AvgIpc) is 2.46. The summed E-state index contributed by atoms with van der Waals surface area (Å²) in [6, 6.07) is -0.533. The summed E-state index contributed by atoms with van der Waals surface area (Å²) in [6.07, 6.45) is -2.20. The summed E-state index contributed by atoms with van der Waals surface area (Å²) in [6.45, 7) is 4.19. The van der Waals surface area contributed by atoms with Crippen LogP contribution in [0.4, 0.5) is 13.2 Å². The van der Waals surface area contributed by atoms with Gasteiger partial charge in [0.15, 0.2) is 0 Å². The van der Waals surface area contributed by atoms with E-state index in [1.54, 1.807) is 6.92 Å². The van der Waals surface area contributed by atoms with Crippen molar-refractivity contribution in [3.05, 3.63) is 0 Å². The zero-order valence-electron chi connectivity index (χ0n) is 12.3. The van der Waals surface area contributed by atoms with Crippen molar-refractivity contribution in [3.8, 4) is 0 Å². The number of carboxylic acids is 1. The maximum Gasteiger partial charge on any atom is 0.391 e. The summed E-state index contributed by atoms with van der Waals surface area (Å²) in [5.41, 5.74) is 0. The summed E-state index contributed by atoms with van der Waals surface area (Å²) in [4.78, 5) is 14.9. The Hall–Kier alpha value is -0.820. The van der Waals surface area contributed by atoms with E-state index in [2.05, 4.69) is 4.90 Å². The zero-order valence-corrected chi connectivity index (χ0v) is 12.3. The average molecular weight is 308 g/mol. The van der Waals surface area contributed by atoms with Gasteiger partial charge in [-0.3, -0.25) is 14.6 Å². The normalized spacial score (nSPS) is 31.0. The molecule has 0 amide bonds. The monoisotopic (exact) mass is 308 g/mol. The molecule has 1 aliphatic heterocycles. The topological polar surface area (TPSA) is 43.8 Å². The standard InChI is InChI=1S/C14H23F3N2O2/c1-10(13(20)21)18-5-7-19(8-6-18)12-4-2-3-11(9-12)14(15,16)17/h10-12H,2-9H2,1H3,(H,20,21). The molecular formula is C14H23F3N2O2. The fourth-order valence-corrected chi connectivity index (χ4v) is 3.44. The summed E-state index contributed by atoms with van der Waals surface area (Å²) < 4.78 is 38.5. The quantitative estimate of drug-likeness (QED) is 0.868. The Bertz CT molecular complexity index is 368. The van der Waals surface area contributed by atoms with Crippen LogP contribution in [0.1, 0.15) is 32.6 Å². The molecule has 1 saturated carbocycles. The maximum atomic E-state index is 12.8. The Morgan fingerprint density at radius 3 is 2.33 bits per heavy atom. The number of hydrogen-bond acceptors (Lipinski definition) is 3. The lowest BCUT2D eigenvalue weighted by Gasteiger charge is -2.43. The van der Waals surface area contributed by atoms with E-state index in [0.29, 0.717) is 32.6 Å². The molecule has 1 saturated heterocycles. The molecule has 3 atom stereocenters. The second kappa shape index (κ2) is 6.52. The van der Waals surface area contributed by atoms with Gasteiger partial charge in [0, 0.05) is 32.2 Å². The van der Waals surface area contributed by atoms with E-state index < -0.39 is 24.1 Å². The Morgan fingerprint density at radius 2 is 1.81 bits per heavy atom. The van der Waals surface area contributed by atoms with Crippen LogP contribution in [-0.2, 0) is 4.79 Å². The summed E-state index contributed by atoms with van der Waals surface area (Å²) in [5, 5.41) is 8.99. The molecule has 21 heavy (non-hydrogen) atoms. The molecule has 0 aromatic rings. The molecule has 122 valence electrons. The Kier molecular flexibility index (Phi) is 5.14. The van der Waals surface area contributed by atoms with E-state index in [0.717, 1.165) is 6.42 Å². The van der Waals surface area contributed by atoms with Crippen LogP contribution in [0.2, 0.25) is 0 Å². The number of halogens is 3. The Morgan fingerprint density at radius 1 is 1.19 bits per heavy atom. The lowest BCUT2D eigenvalue weighted by Crippen LogP contribution is -2.55. The van der Waals surface area contributed by atoms with Crippen molar-refractivity contribution < 1.29 is 23.1 Å². The van der Waals surface area contributed by atoms with Crippen molar-refractivity contribution >= 4 is 5.97 Å². The highest BCUT2D eigenvalue weighted by molar-refractivity contribution is 5.72. The number of piperazine rings is 1. The first-order valence-electron chi connectivity index (χ1n) is 7.56. The van der Waals surface area contributed by atoms with E-state index in [9.17, 15) is 18.0 Å². The van der Waals surface area contributed by atoms with E-state index >= 15 is 0 Å². The third-order valence-corrected chi connectivity index (χ3v) is 4.88. The molecule has 7 heteroatoms. The van der Waals surface area contributed by atoms with Crippen LogP contribution >= 0.6 is 0 Å². The predicted octanol–water partition coefficient (Wildman–Crippen LogP) is 2.20. The highest BCUT2D eigenvalue weighted by Crippen LogP contribution is 2.39. The van der Waals surface area contributed by atoms with Crippen LogP contribution in [0.3, 0.4) is 0 Å². The maximum absolute atomic E-state index is 12.8. The van der Waals surface area contributed by atoms with Crippen LogP contribution in [0.15, 0.2) is 0 Å². The van der Waals surface area contributed by atoms with Gasteiger partial charge in [-0.1, -0.05) is 6.42 Å². The minimum Gasteiger partial charge on any atom is -0.480 e. The molecule has 0 bridgehead atoms. The van der Waals surface area contributed by atoms with Gasteiger partial charge < -0.3 is 5.11 Å². The van der Waals surface area contributed by atoms with Gasteiger partial charge >= 0.3 is 12.1 Å². The van der Waals surface area contributed by atoms with Gasteiger partial charge in [0.1, 0.15) is 6.04 Å². The van der Waals surface area contributed by atoms with E-state index in [1.807, 2.05) is 4.90 Å². The Labute approximate surface area is 122 Å². The van der Waals surface area contributed by atoms with Gasteiger partial charge in [0.2, 0.25) is 0 Å². The summed E-state index contributed by atoms with van der Waals surface area (Å²) >= 11 is 0. The molecule has 0 radical (unpaired) electrons. The molecule has 4 nitrogen and oxygen atoms in total. The smallest absolute Gasteiger partial charge is 0.391 e. The number of aliphatic carboxylic acids is 1. The molecule has 1 heterocycles. The van der Waals surface area contributed by atoms with Crippen LogP contribution < -0.4 is 0 Å². The number of hydrogen-bond donors (Lipinski definition) is 1. The number of alkyl halides is 3. The molecule has 1 aliphatic carbocycles. The van der Waals surface area contributed by atoms with Crippen LogP contribution in [0.25, 0.3) is 0 Å². The van der Waals surface area contributed by atoms with E-state index in [4.69, 9.17) is 5.11 Å². The fourth-order valence-electron chi connectivity index (χ4n) is 3.44. The second-order valence-corrected chi connectivity index (χ2v) is 6.15. The van der Waals surface area contributed by atoms with Crippen LogP contribution in [0, 0.1) is 5.92 Å². The van der Waals surface area contributed by atoms with Crippen molar-refractivity contribution in [2.24, 2.45) is 5.92 Å². The third-order valence-electron chi connectivity index (χ3n) is 4.88. The van der Waals surface area contributed by atoms with Gasteiger partial charge in [-0.2, -0.15) is 13.2 Å². The SMILES string of the molecule is CC(C(=O)O)N1CCN(C2CCCC(C(F)(F)F)C2)CC1. The van der Waals surface area contributed by atoms with Crippen LogP contribution in [-0.4, -0.2) is 65.3 Å².